The second-order valence-electron chi connectivity index (χ2n) is 3.31. The van der Waals surface area contributed by atoms with Crippen LogP contribution in [0.1, 0.15) is 6.92 Å². The maximum Gasteiger partial charge on any atom is 0.308 e. The molecule has 1 aromatic heterocycles. The number of benzene rings is 1. The van der Waals surface area contributed by atoms with Crippen molar-refractivity contribution >= 4 is 17.6 Å². The SMILES string of the molecule is CC(=O)Oc1ccc(-c2nccnc2Cl)cc1. The Labute approximate surface area is 103 Å². The van der Waals surface area contributed by atoms with Crippen LogP contribution in [0, 0.1) is 0 Å². The maximum atomic E-state index is 10.8. The van der Waals surface area contributed by atoms with Gasteiger partial charge in [-0.15, -0.1) is 0 Å². The van der Waals surface area contributed by atoms with Gasteiger partial charge in [-0.2, -0.15) is 0 Å². The number of carbonyl (C=O) groups excluding carboxylic acids is 1. The molecule has 0 aliphatic heterocycles. The first-order valence-electron chi connectivity index (χ1n) is 4.92. The zero-order valence-electron chi connectivity index (χ0n) is 9.05. The van der Waals surface area contributed by atoms with Gasteiger partial charge in [-0.3, -0.25) is 9.78 Å². The van der Waals surface area contributed by atoms with Crippen LogP contribution < -0.4 is 4.74 Å². The molecule has 1 heterocycles. The van der Waals surface area contributed by atoms with Crippen molar-refractivity contribution in [1.82, 2.24) is 9.97 Å². The molecule has 0 atom stereocenters. The van der Waals surface area contributed by atoms with E-state index in [9.17, 15) is 4.79 Å². The number of rotatable bonds is 2. The van der Waals surface area contributed by atoms with Crippen LogP contribution in [0.5, 0.6) is 5.75 Å². The van der Waals surface area contributed by atoms with Crippen molar-refractivity contribution in [2.75, 3.05) is 0 Å². The number of nitrogens with zero attached hydrogens (tertiary/aromatic N) is 2. The van der Waals surface area contributed by atoms with Crippen LogP contribution in [-0.2, 0) is 4.79 Å². The Hall–Kier alpha value is -1.94. The van der Waals surface area contributed by atoms with E-state index in [1.54, 1.807) is 30.5 Å². The summed E-state index contributed by atoms with van der Waals surface area (Å²) in [5, 5.41) is 0.340. The highest BCUT2D eigenvalue weighted by atomic mass is 35.5. The third-order valence-corrected chi connectivity index (χ3v) is 2.32. The van der Waals surface area contributed by atoms with Gasteiger partial charge in [0.25, 0.3) is 0 Å². The zero-order valence-corrected chi connectivity index (χ0v) is 9.81. The quantitative estimate of drug-likeness (QED) is 0.606. The summed E-state index contributed by atoms with van der Waals surface area (Å²) in [6, 6.07) is 6.91. The third-order valence-electron chi connectivity index (χ3n) is 2.04. The molecule has 0 unspecified atom stereocenters. The summed E-state index contributed by atoms with van der Waals surface area (Å²) in [5.41, 5.74) is 1.42. The van der Waals surface area contributed by atoms with Gasteiger partial charge in [-0.25, -0.2) is 4.98 Å². The molecule has 0 spiro atoms. The first kappa shape index (κ1) is 11.5. The van der Waals surface area contributed by atoms with E-state index in [1.807, 2.05) is 0 Å². The fourth-order valence-electron chi connectivity index (χ4n) is 1.36. The summed E-state index contributed by atoms with van der Waals surface area (Å²) in [4.78, 5) is 18.8. The number of aromatic nitrogens is 2. The highest BCUT2D eigenvalue weighted by Gasteiger charge is 2.06. The molecular formula is C12H9ClN2O2. The van der Waals surface area contributed by atoms with Crippen LogP contribution in [0.3, 0.4) is 0 Å². The number of hydrogen-bond acceptors (Lipinski definition) is 4. The molecule has 86 valence electrons. The van der Waals surface area contributed by atoms with E-state index in [4.69, 9.17) is 16.3 Å². The van der Waals surface area contributed by atoms with Crippen LogP contribution in [0.25, 0.3) is 11.3 Å². The Kier molecular flexibility index (Phi) is 3.35. The number of ether oxygens (including phenoxy) is 1. The van der Waals surface area contributed by atoms with E-state index in [0.29, 0.717) is 16.6 Å². The van der Waals surface area contributed by atoms with Crippen LogP contribution in [0.2, 0.25) is 5.15 Å². The van der Waals surface area contributed by atoms with Gasteiger partial charge in [0.2, 0.25) is 0 Å². The van der Waals surface area contributed by atoms with Gasteiger partial charge in [0.05, 0.1) is 0 Å². The Morgan fingerprint density at radius 3 is 2.41 bits per heavy atom. The predicted molar refractivity (Wildman–Crippen MR) is 63.8 cm³/mol. The molecular weight excluding hydrogens is 240 g/mol. The van der Waals surface area contributed by atoms with E-state index in [2.05, 4.69) is 9.97 Å². The molecule has 0 aliphatic rings. The lowest BCUT2D eigenvalue weighted by molar-refractivity contribution is -0.131. The van der Waals surface area contributed by atoms with Crippen LogP contribution >= 0.6 is 11.6 Å². The summed E-state index contributed by atoms with van der Waals surface area (Å²) in [7, 11) is 0. The number of hydrogen-bond donors (Lipinski definition) is 0. The standard InChI is InChI=1S/C12H9ClN2O2/c1-8(16)17-10-4-2-9(3-5-10)11-12(13)15-7-6-14-11/h2-7H,1H3. The smallest absolute Gasteiger partial charge is 0.308 e. The highest BCUT2D eigenvalue weighted by molar-refractivity contribution is 6.31. The van der Waals surface area contributed by atoms with Crippen molar-refractivity contribution < 1.29 is 9.53 Å². The molecule has 0 radical (unpaired) electrons. The molecule has 0 fully saturated rings. The average molecular weight is 249 g/mol. The number of esters is 1. The molecule has 2 rings (SSSR count). The summed E-state index contributed by atoms with van der Waals surface area (Å²) < 4.78 is 4.93. The maximum absolute atomic E-state index is 10.8. The fourth-order valence-corrected chi connectivity index (χ4v) is 1.58. The van der Waals surface area contributed by atoms with Crippen molar-refractivity contribution in [2.24, 2.45) is 0 Å². The van der Waals surface area contributed by atoms with Crippen molar-refractivity contribution in [3.05, 3.63) is 41.8 Å². The number of halogens is 1. The largest absolute Gasteiger partial charge is 0.427 e. The average Bonchev–Trinajstić information content (AvgIpc) is 2.30. The Balaban J connectivity index is 2.30. The minimum absolute atomic E-state index is 0.340. The van der Waals surface area contributed by atoms with E-state index in [-0.39, 0.29) is 5.97 Å². The second kappa shape index (κ2) is 4.93. The topological polar surface area (TPSA) is 52.1 Å². The summed E-state index contributed by atoms with van der Waals surface area (Å²) >= 11 is 5.92. The summed E-state index contributed by atoms with van der Waals surface area (Å²) in [6.07, 6.45) is 3.10. The Morgan fingerprint density at radius 1 is 1.18 bits per heavy atom. The molecule has 5 heteroatoms. The van der Waals surface area contributed by atoms with Crippen LogP contribution in [0.4, 0.5) is 0 Å². The lowest BCUT2D eigenvalue weighted by Gasteiger charge is -2.04. The van der Waals surface area contributed by atoms with Gasteiger partial charge >= 0.3 is 5.97 Å². The summed E-state index contributed by atoms with van der Waals surface area (Å²) in [5.74, 6) is 0.136. The van der Waals surface area contributed by atoms with Crippen LogP contribution in [0.15, 0.2) is 36.7 Å². The number of carbonyl (C=O) groups is 1. The van der Waals surface area contributed by atoms with Gasteiger partial charge in [0, 0.05) is 24.9 Å². The highest BCUT2D eigenvalue weighted by Crippen LogP contribution is 2.25. The predicted octanol–water partition coefficient (Wildman–Crippen LogP) is 2.72. The molecule has 2 aromatic rings. The lowest BCUT2D eigenvalue weighted by Crippen LogP contribution is -2.00. The van der Waals surface area contributed by atoms with E-state index in [0.717, 1.165) is 5.56 Å². The van der Waals surface area contributed by atoms with Crippen molar-refractivity contribution in [1.29, 1.82) is 0 Å². The molecule has 1 aromatic carbocycles. The Bertz CT molecular complexity index is 540. The molecule has 0 aliphatic carbocycles. The minimum atomic E-state index is -0.352. The van der Waals surface area contributed by atoms with Gasteiger partial charge < -0.3 is 4.74 Å². The van der Waals surface area contributed by atoms with Gasteiger partial charge in [-0.1, -0.05) is 11.6 Å². The lowest BCUT2D eigenvalue weighted by atomic mass is 10.1. The normalized spacial score (nSPS) is 10.0. The molecule has 0 bridgehead atoms. The molecule has 4 nitrogen and oxygen atoms in total. The van der Waals surface area contributed by atoms with E-state index >= 15 is 0 Å². The monoisotopic (exact) mass is 248 g/mol. The minimum Gasteiger partial charge on any atom is -0.427 e. The fraction of sp³-hybridized carbons (Fsp3) is 0.0833. The zero-order chi connectivity index (χ0) is 12.3. The first-order valence-corrected chi connectivity index (χ1v) is 5.30. The van der Waals surface area contributed by atoms with Crippen molar-refractivity contribution in [3.63, 3.8) is 0 Å². The Morgan fingerprint density at radius 2 is 1.82 bits per heavy atom. The molecule has 0 N–H and O–H groups in total. The first-order chi connectivity index (χ1) is 8.16. The van der Waals surface area contributed by atoms with Gasteiger partial charge in [0.15, 0.2) is 5.15 Å². The third kappa shape index (κ3) is 2.79. The van der Waals surface area contributed by atoms with Crippen LogP contribution in [-0.4, -0.2) is 15.9 Å². The molecule has 0 amide bonds. The van der Waals surface area contributed by atoms with Gasteiger partial charge in [0.1, 0.15) is 11.4 Å². The summed E-state index contributed by atoms with van der Waals surface area (Å²) in [6.45, 7) is 1.35. The van der Waals surface area contributed by atoms with E-state index < -0.39 is 0 Å². The molecule has 0 saturated heterocycles. The van der Waals surface area contributed by atoms with E-state index in [1.165, 1.54) is 13.1 Å². The van der Waals surface area contributed by atoms with Crippen molar-refractivity contribution in [3.8, 4) is 17.0 Å². The van der Waals surface area contributed by atoms with Crippen molar-refractivity contribution in [2.45, 2.75) is 6.92 Å². The second-order valence-corrected chi connectivity index (χ2v) is 3.67. The molecule has 0 saturated carbocycles. The van der Waals surface area contributed by atoms with Gasteiger partial charge in [-0.05, 0) is 24.3 Å². The molecule has 17 heavy (non-hydrogen) atoms.